The predicted octanol–water partition coefficient (Wildman–Crippen LogP) is 2.22. The normalized spacial score (nSPS) is 32.4. The van der Waals surface area contributed by atoms with Crippen molar-refractivity contribution in [1.82, 2.24) is 10.6 Å². The molecule has 1 saturated heterocycles. The van der Waals surface area contributed by atoms with E-state index in [-0.39, 0.29) is 11.4 Å². The number of carbonyl (C=O) groups excluding carboxylic acids is 1. The summed E-state index contributed by atoms with van der Waals surface area (Å²) < 4.78 is 0. The van der Waals surface area contributed by atoms with Crippen molar-refractivity contribution in [3.63, 3.8) is 0 Å². The zero-order valence-corrected chi connectivity index (χ0v) is 11.3. The summed E-state index contributed by atoms with van der Waals surface area (Å²) in [5.74, 6) is 0.196. The SMILES string of the molecule is CC1(CNC(=O)C2(C)CCCN2)CCCCC1. The number of hydrogen-bond donors (Lipinski definition) is 2. The molecule has 3 heteroatoms. The van der Waals surface area contributed by atoms with Crippen LogP contribution in [0.5, 0.6) is 0 Å². The molecular weight excluding hydrogens is 212 g/mol. The standard InChI is InChI=1S/C14H26N2O/c1-13(7-4-3-5-8-13)11-15-12(17)14(2)9-6-10-16-14/h16H,3-11H2,1-2H3,(H,15,17). The van der Waals surface area contributed by atoms with Gasteiger partial charge in [-0.2, -0.15) is 0 Å². The van der Waals surface area contributed by atoms with E-state index < -0.39 is 0 Å². The van der Waals surface area contributed by atoms with Crippen LogP contribution in [-0.2, 0) is 4.79 Å². The Morgan fingerprint density at radius 1 is 1.12 bits per heavy atom. The van der Waals surface area contributed by atoms with Crippen LogP contribution in [0.3, 0.4) is 0 Å². The minimum absolute atomic E-state index is 0.196. The Bertz CT molecular complexity index is 276. The minimum atomic E-state index is -0.314. The van der Waals surface area contributed by atoms with E-state index in [2.05, 4.69) is 17.6 Å². The third kappa shape index (κ3) is 3.01. The van der Waals surface area contributed by atoms with Gasteiger partial charge >= 0.3 is 0 Å². The Balaban J connectivity index is 1.83. The van der Waals surface area contributed by atoms with Crippen molar-refractivity contribution >= 4 is 5.91 Å². The summed E-state index contributed by atoms with van der Waals surface area (Å²) in [5, 5.41) is 6.49. The Hall–Kier alpha value is -0.570. The molecule has 2 N–H and O–H groups in total. The van der Waals surface area contributed by atoms with Crippen LogP contribution in [0.2, 0.25) is 0 Å². The molecule has 1 saturated carbocycles. The van der Waals surface area contributed by atoms with Crippen LogP contribution in [0.4, 0.5) is 0 Å². The second-order valence-corrected chi connectivity index (χ2v) is 6.42. The molecule has 2 aliphatic rings. The van der Waals surface area contributed by atoms with E-state index in [1.165, 1.54) is 32.1 Å². The zero-order chi connectivity index (χ0) is 12.4. The lowest BCUT2D eigenvalue weighted by Crippen LogP contribution is -2.53. The van der Waals surface area contributed by atoms with Gasteiger partial charge in [-0.3, -0.25) is 4.79 Å². The average molecular weight is 238 g/mol. The van der Waals surface area contributed by atoms with Gasteiger partial charge in [-0.1, -0.05) is 26.2 Å². The Morgan fingerprint density at radius 2 is 1.82 bits per heavy atom. The molecule has 1 amide bonds. The van der Waals surface area contributed by atoms with Gasteiger partial charge in [0.25, 0.3) is 0 Å². The van der Waals surface area contributed by atoms with E-state index in [1.807, 2.05) is 6.92 Å². The highest BCUT2D eigenvalue weighted by Crippen LogP contribution is 2.35. The topological polar surface area (TPSA) is 41.1 Å². The van der Waals surface area contributed by atoms with Gasteiger partial charge in [-0.15, -0.1) is 0 Å². The molecule has 1 heterocycles. The number of amides is 1. The maximum atomic E-state index is 12.2. The largest absolute Gasteiger partial charge is 0.354 e. The van der Waals surface area contributed by atoms with Crippen LogP contribution < -0.4 is 10.6 Å². The zero-order valence-electron chi connectivity index (χ0n) is 11.3. The second-order valence-electron chi connectivity index (χ2n) is 6.42. The fraction of sp³-hybridized carbons (Fsp3) is 0.929. The van der Waals surface area contributed by atoms with Gasteiger partial charge in [-0.25, -0.2) is 0 Å². The van der Waals surface area contributed by atoms with Gasteiger partial charge in [0.2, 0.25) is 5.91 Å². The summed E-state index contributed by atoms with van der Waals surface area (Å²) in [6.07, 6.45) is 8.61. The highest BCUT2D eigenvalue weighted by molar-refractivity contribution is 5.86. The summed E-state index contributed by atoms with van der Waals surface area (Å²) >= 11 is 0. The fourth-order valence-electron chi connectivity index (χ4n) is 3.16. The molecule has 0 aromatic rings. The van der Waals surface area contributed by atoms with E-state index in [9.17, 15) is 4.79 Å². The summed E-state index contributed by atoms with van der Waals surface area (Å²) in [6, 6.07) is 0. The van der Waals surface area contributed by atoms with Gasteiger partial charge in [0.05, 0.1) is 5.54 Å². The molecule has 1 unspecified atom stereocenters. The van der Waals surface area contributed by atoms with Crippen LogP contribution in [-0.4, -0.2) is 24.5 Å². The lowest BCUT2D eigenvalue weighted by molar-refractivity contribution is -0.127. The van der Waals surface area contributed by atoms with Crippen LogP contribution >= 0.6 is 0 Å². The van der Waals surface area contributed by atoms with E-state index in [4.69, 9.17) is 0 Å². The first-order valence-corrected chi connectivity index (χ1v) is 7.08. The molecule has 0 bridgehead atoms. The minimum Gasteiger partial charge on any atom is -0.354 e. The quantitative estimate of drug-likeness (QED) is 0.791. The molecule has 3 nitrogen and oxygen atoms in total. The molecule has 2 fully saturated rings. The molecule has 1 atom stereocenters. The lowest BCUT2D eigenvalue weighted by Gasteiger charge is -2.35. The smallest absolute Gasteiger partial charge is 0.240 e. The molecule has 0 spiro atoms. The molecule has 2 rings (SSSR count). The molecule has 0 aromatic carbocycles. The number of rotatable bonds is 3. The van der Waals surface area contributed by atoms with Crippen molar-refractivity contribution in [3.05, 3.63) is 0 Å². The van der Waals surface area contributed by atoms with Crippen molar-refractivity contribution in [2.45, 2.75) is 64.3 Å². The molecule has 1 aliphatic carbocycles. The van der Waals surface area contributed by atoms with Gasteiger partial charge in [0.1, 0.15) is 0 Å². The molecule has 0 radical (unpaired) electrons. The Labute approximate surface area is 105 Å². The molecule has 0 aromatic heterocycles. The average Bonchev–Trinajstić information content (AvgIpc) is 2.75. The maximum absolute atomic E-state index is 12.2. The number of hydrogen-bond acceptors (Lipinski definition) is 2. The van der Waals surface area contributed by atoms with Crippen molar-refractivity contribution in [3.8, 4) is 0 Å². The van der Waals surface area contributed by atoms with Crippen molar-refractivity contribution < 1.29 is 4.79 Å². The number of nitrogens with one attached hydrogen (secondary N) is 2. The highest BCUT2D eigenvalue weighted by atomic mass is 16.2. The Morgan fingerprint density at radius 3 is 2.41 bits per heavy atom. The lowest BCUT2D eigenvalue weighted by atomic mass is 9.75. The first kappa shape index (κ1) is 12.9. The van der Waals surface area contributed by atoms with E-state index in [1.54, 1.807) is 0 Å². The van der Waals surface area contributed by atoms with Gasteiger partial charge < -0.3 is 10.6 Å². The first-order chi connectivity index (χ1) is 8.04. The number of carbonyl (C=O) groups is 1. The summed E-state index contributed by atoms with van der Waals surface area (Å²) in [5.41, 5.74) is 0.0217. The van der Waals surface area contributed by atoms with E-state index in [0.29, 0.717) is 5.41 Å². The molecule has 17 heavy (non-hydrogen) atoms. The van der Waals surface area contributed by atoms with Crippen LogP contribution in [0, 0.1) is 5.41 Å². The summed E-state index contributed by atoms with van der Waals surface area (Å²) in [6.45, 7) is 6.17. The highest BCUT2D eigenvalue weighted by Gasteiger charge is 2.37. The fourth-order valence-corrected chi connectivity index (χ4v) is 3.16. The van der Waals surface area contributed by atoms with Crippen molar-refractivity contribution in [2.75, 3.05) is 13.1 Å². The predicted molar refractivity (Wildman–Crippen MR) is 69.8 cm³/mol. The van der Waals surface area contributed by atoms with Crippen LogP contribution in [0.15, 0.2) is 0 Å². The van der Waals surface area contributed by atoms with Crippen LogP contribution in [0.25, 0.3) is 0 Å². The van der Waals surface area contributed by atoms with Gasteiger partial charge in [0.15, 0.2) is 0 Å². The third-order valence-corrected chi connectivity index (χ3v) is 4.61. The Kier molecular flexibility index (Phi) is 3.76. The van der Waals surface area contributed by atoms with Gasteiger partial charge in [-0.05, 0) is 44.6 Å². The third-order valence-electron chi connectivity index (χ3n) is 4.61. The monoisotopic (exact) mass is 238 g/mol. The van der Waals surface area contributed by atoms with Crippen molar-refractivity contribution in [1.29, 1.82) is 0 Å². The van der Waals surface area contributed by atoms with Crippen LogP contribution in [0.1, 0.15) is 58.8 Å². The summed E-state index contributed by atoms with van der Waals surface area (Å²) in [7, 11) is 0. The van der Waals surface area contributed by atoms with Crippen molar-refractivity contribution in [2.24, 2.45) is 5.41 Å². The van der Waals surface area contributed by atoms with E-state index in [0.717, 1.165) is 25.9 Å². The molecule has 98 valence electrons. The van der Waals surface area contributed by atoms with E-state index >= 15 is 0 Å². The van der Waals surface area contributed by atoms with Gasteiger partial charge in [0, 0.05) is 6.54 Å². The molecular formula is C14H26N2O. The maximum Gasteiger partial charge on any atom is 0.240 e. The first-order valence-electron chi connectivity index (χ1n) is 7.08. The second kappa shape index (κ2) is 4.97. The summed E-state index contributed by atoms with van der Waals surface area (Å²) in [4.78, 5) is 12.2. The molecule has 1 aliphatic heterocycles.